The van der Waals surface area contributed by atoms with Crippen molar-refractivity contribution in [1.82, 2.24) is 0 Å². The van der Waals surface area contributed by atoms with Crippen LogP contribution < -0.4 is 36.0 Å². The zero-order chi connectivity index (χ0) is 101. The Bertz CT molecular complexity index is 5820. The summed E-state index contributed by atoms with van der Waals surface area (Å²) >= 11 is 8.89. The van der Waals surface area contributed by atoms with E-state index in [1.807, 2.05) is 0 Å². The number of hydrogen-bond donors (Lipinski definition) is 0. The first kappa shape index (κ1) is 43.4. The summed E-state index contributed by atoms with van der Waals surface area (Å²) in [5.41, 5.74) is -10.1. The molecule has 100 heavy (non-hydrogen) atoms. The molecule has 2 aliphatic heterocycles. The lowest BCUT2D eigenvalue weighted by Gasteiger charge is -2.45. The summed E-state index contributed by atoms with van der Waals surface area (Å²) in [6.07, 6.45) is 0. The molecular weight excluding hydrogens is 1350 g/mol. The zero-order valence-corrected chi connectivity index (χ0v) is 64.3. The van der Waals surface area contributed by atoms with Gasteiger partial charge in [-0.1, -0.05) is 294 Å². The molecular formula is C93H113BClIN4. The van der Waals surface area contributed by atoms with Gasteiger partial charge in [-0.2, -0.15) is 0 Å². The Kier molecular flexibility index (Phi) is 12.2. The number of rotatable bonds is 8. The van der Waals surface area contributed by atoms with Crippen molar-refractivity contribution in [3.63, 3.8) is 0 Å². The topological polar surface area (TPSA) is 13.0 Å². The van der Waals surface area contributed by atoms with Crippen LogP contribution in [0.5, 0.6) is 0 Å². The average molecular weight is 1490 g/mol. The van der Waals surface area contributed by atoms with E-state index < -0.39 is 228 Å². The number of halogens is 2. The number of hydrogen-bond acceptors (Lipinski definition) is 4. The second kappa shape index (κ2) is 28.0. The minimum Gasteiger partial charge on any atom is -0.311 e. The number of benzene rings is 10. The fraction of sp³-hybridized carbons (Fsp3) is 0.355. The Hall–Kier alpha value is -7.52. The van der Waals surface area contributed by atoms with Crippen LogP contribution in [-0.4, -0.2) is 7.31 Å². The minimum atomic E-state index is -1.26. The van der Waals surface area contributed by atoms with Gasteiger partial charge in [0.05, 0.1) is 60.3 Å². The van der Waals surface area contributed by atoms with Gasteiger partial charge in [-0.25, -0.2) is 0 Å². The van der Waals surface area contributed by atoms with E-state index in [0.717, 1.165) is 21.9 Å². The number of fused-ring (bicyclic) bond motifs is 4. The highest BCUT2D eigenvalue weighted by atomic mass is 127. The summed E-state index contributed by atoms with van der Waals surface area (Å²) in [6, 6.07) is -10.1. The van der Waals surface area contributed by atoms with Crippen molar-refractivity contribution in [3.05, 3.63) is 267 Å². The maximum Gasteiger partial charge on any atom is 0.252 e. The van der Waals surface area contributed by atoms with Crippen LogP contribution in [0.15, 0.2) is 218 Å². The molecule has 2 heterocycles. The van der Waals surface area contributed by atoms with Gasteiger partial charge in [-0.05, 0) is 213 Å². The molecule has 0 aliphatic carbocycles. The van der Waals surface area contributed by atoms with Crippen LogP contribution in [0.1, 0.15) is 262 Å². The molecule has 0 bridgehead atoms. The standard InChI is InChI=1S/C46H53BN2.C46H55ClN2.CH4.HI/c1-43(2,3)30-16-22-34(23-17-30)48-38-26-20-32(45(7,8)9)28-36(38)47-37-29-33(46(10,11)12)21-27-39(37)49(41-15-13-14-40(48)42(41)47)35-24-18-31(19-25-35)44(4,5)6;1-43(2,3)32-16-24-36(25-17-32)48(37-26-18-33(19-27-37)44(4,5)6)40-14-13-15-41(42(40)47)49(38-28-20-34(21-29-38)45(7,8)9)39-30-22-35(23-31-39)46(10,11)12;;/h13-29H,1-12H3;13-31H,1-12H3;1H4;1H/i13D,16D,17D,18D,19D,20D,21D,22D,23D,24D,25D,26D,27D,28D,29D;13D,16D,17D,18D,19D,20D,21D,22D,23D,24D,25D,26D,27D,28D,29D,30D,31D;;/hT. The maximum absolute atomic E-state index is 10.1. The quantitative estimate of drug-likeness (QED) is 0.111. The highest BCUT2D eigenvalue weighted by molar-refractivity contribution is 14.0. The normalized spacial score (nSPS) is 17.8. The highest BCUT2D eigenvalue weighted by Crippen LogP contribution is 2.50. The van der Waals surface area contributed by atoms with Gasteiger partial charge in [0.2, 0.25) is 0 Å². The first-order valence-corrected chi connectivity index (χ1v) is 33.4. The predicted octanol–water partition coefficient (Wildman–Crippen LogP) is 26.7. The molecule has 2 aliphatic rings. The Morgan fingerprint density at radius 1 is 0.320 bits per heavy atom. The Balaban J connectivity index is 0.000000291. The molecule has 0 N–H and O–H groups in total. The van der Waals surface area contributed by atoms with Crippen molar-refractivity contribution in [2.75, 3.05) is 19.6 Å². The molecule has 0 aromatic heterocycles. The third kappa shape index (κ3) is 15.8. The third-order valence-corrected chi connectivity index (χ3v) is 17.2. The number of anilines is 12. The van der Waals surface area contributed by atoms with E-state index in [9.17, 15) is 32.9 Å². The van der Waals surface area contributed by atoms with Crippen LogP contribution in [0.25, 0.3) is 0 Å². The SMILES string of the molecule is C.[2H]c1cc(N(c2c([2H])c([2H])c(C(C)(C)C)c([2H])c2[2H])c2c([2H])c([2H])c(C(C)(C)C)c([2H])c2[2H])c(Cl)c(N(c2c([2H])c([2H])c(C(C)(C)C)c([2H])c2[2H])c2c([2H])c([2H])c(C(C)(C)C)c([2H])c2[2H])c1.[2H]c1cc2c3c(c1)N(c1c([2H])c([2H])c(C(C)(C)C)c([2H])c1[2H])c1c([2H])c([2H])c(C(C)(C)C)c([2H])c1B3c1c([2H])c(C(C)(C)C)c([2H])c([2H])c1N2c1c([2H])c([2H])c(C(C)(C)C)c([2H])c1[2H].[3H]I. The van der Waals surface area contributed by atoms with Crippen molar-refractivity contribution in [2.24, 2.45) is 0 Å². The van der Waals surface area contributed by atoms with Crippen molar-refractivity contribution in [3.8, 4) is 0 Å². The minimum absolute atomic E-state index is 0. The van der Waals surface area contributed by atoms with E-state index >= 15 is 0 Å². The van der Waals surface area contributed by atoms with Gasteiger partial charge >= 0.3 is 0 Å². The van der Waals surface area contributed by atoms with E-state index in [-0.39, 0.29) is 157 Å². The fourth-order valence-electron chi connectivity index (χ4n) is 10.9. The van der Waals surface area contributed by atoms with Crippen molar-refractivity contribution < 1.29 is 43.9 Å². The molecule has 0 spiro atoms. The van der Waals surface area contributed by atoms with Crippen molar-refractivity contribution in [1.29, 1.82) is 0.594 Å². The lowest BCUT2D eigenvalue weighted by molar-refractivity contribution is 0.590. The molecule has 12 rings (SSSR count). The van der Waals surface area contributed by atoms with E-state index in [4.69, 9.17) is 23.2 Å². The van der Waals surface area contributed by atoms with E-state index in [0.29, 0.717) is 0 Å². The molecule has 0 fully saturated rings. The first-order chi connectivity index (χ1) is 60.0. The lowest BCUT2D eigenvalue weighted by atomic mass is 9.33. The summed E-state index contributed by atoms with van der Waals surface area (Å²) in [6.45, 7) is 40.5. The molecule has 0 amide bonds. The summed E-state index contributed by atoms with van der Waals surface area (Å²) in [5.74, 6) is 0. The van der Waals surface area contributed by atoms with E-state index in [1.54, 1.807) is 166 Å². The molecule has 0 unspecified atom stereocenters. The van der Waals surface area contributed by atoms with Gasteiger partial charge in [0.1, 0.15) is 0.594 Å². The summed E-state index contributed by atoms with van der Waals surface area (Å²) in [4.78, 5) is 4.41. The first-order valence-electron chi connectivity index (χ1n) is 49.4. The second-order valence-electron chi connectivity index (χ2n) is 33.3. The molecule has 10 aromatic rings. The molecule has 0 atom stereocenters. The van der Waals surface area contributed by atoms with Crippen LogP contribution in [0, 0.1) is 0 Å². The summed E-state index contributed by atoms with van der Waals surface area (Å²) < 4.78 is 307. The van der Waals surface area contributed by atoms with Gasteiger partial charge in [-0.3, -0.25) is 0 Å². The highest BCUT2D eigenvalue weighted by Gasteiger charge is 2.44. The summed E-state index contributed by atoms with van der Waals surface area (Å²) in [7, 11) is 0. The van der Waals surface area contributed by atoms with Crippen LogP contribution in [0.2, 0.25) is 5.02 Å². The molecule has 0 radical (unpaired) electrons. The fourth-order valence-corrected chi connectivity index (χ4v) is 11.2. The van der Waals surface area contributed by atoms with Crippen LogP contribution >= 0.6 is 35.4 Å². The molecule has 4 nitrogen and oxygen atoms in total. The Labute approximate surface area is 672 Å². The molecule has 10 aromatic carbocycles. The molecule has 7 heteroatoms. The van der Waals surface area contributed by atoms with E-state index in [2.05, 4.69) is 0 Å². The van der Waals surface area contributed by atoms with Gasteiger partial charge in [0.15, 0.2) is 0 Å². The molecule has 0 saturated heterocycles. The molecule has 0 saturated carbocycles. The third-order valence-electron chi connectivity index (χ3n) is 16.8. The maximum atomic E-state index is 10.1. The Morgan fingerprint density at radius 3 is 0.780 bits per heavy atom. The van der Waals surface area contributed by atoms with Gasteiger partial charge < -0.3 is 19.6 Å². The Morgan fingerprint density at radius 2 is 0.540 bits per heavy atom. The van der Waals surface area contributed by atoms with Crippen molar-refractivity contribution in [2.45, 2.75) is 217 Å². The largest absolute Gasteiger partial charge is 0.311 e. The van der Waals surface area contributed by atoms with Crippen molar-refractivity contribution >= 4 is 127 Å². The zero-order valence-electron chi connectivity index (χ0n) is 94.4. The van der Waals surface area contributed by atoms with Crippen LogP contribution in [0.4, 0.5) is 68.2 Å². The van der Waals surface area contributed by atoms with Gasteiger partial charge in [-0.15, -0.1) is 23.8 Å². The predicted molar refractivity (Wildman–Crippen MR) is 453 cm³/mol. The second-order valence-corrected chi connectivity index (χ2v) is 33.7. The van der Waals surface area contributed by atoms with Crippen LogP contribution in [-0.2, 0) is 43.3 Å². The van der Waals surface area contributed by atoms with Crippen LogP contribution in [0.3, 0.4) is 0 Å². The van der Waals surface area contributed by atoms with Gasteiger partial charge in [0.25, 0.3) is 6.71 Å². The average Bonchev–Trinajstić information content (AvgIpc) is 0.671. The number of nitrogens with zero attached hydrogens (tertiary/aromatic N) is 4. The smallest absolute Gasteiger partial charge is 0.252 e. The van der Waals surface area contributed by atoms with E-state index in [1.165, 1.54) is 45.7 Å². The summed E-state index contributed by atoms with van der Waals surface area (Å²) in [5, 5.41) is -0.534. The molecule has 522 valence electrons. The monoisotopic (exact) mass is 1490 g/mol. The van der Waals surface area contributed by atoms with Gasteiger partial charge in [0, 0.05) is 56.9 Å². The lowest BCUT2D eigenvalue weighted by Crippen LogP contribution is -2.61.